The van der Waals surface area contributed by atoms with Crippen LogP contribution in [0.2, 0.25) is 0 Å². The number of nitro groups is 1. The molecular weight excluding hydrogens is 446 g/mol. The number of ketones is 1. The van der Waals surface area contributed by atoms with Gasteiger partial charge in [0.05, 0.1) is 16.1 Å². The van der Waals surface area contributed by atoms with Crippen LogP contribution in [0.1, 0.15) is 27.0 Å². The van der Waals surface area contributed by atoms with Crippen LogP contribution >= 0.6 is 0 Å². The van der Waals surface area contributed by atoms with Gasteiger partial charge in [-0.15, -0.1) is 0 Å². The molecule has 2 aliphatic heterocycles. The first-order chi connectivity index (χ1) is 17.0. The molecule has 2 heterocycles. The van der Waals surface area contributed by atoms with Gasteiger partial charge in [-0.25, -0.2) is 0 Å². The van der Waals surface area contributed by atoms with Gasteiger partial charge in [-0.3, -0.25) is 24.7 Å². The largest absolute Gasteiger partial charge is 0.507 e. The number of fused-ring (bicyclic) bond motifs is 1. The number of carbonyl (C=O) groups is 1. The van der Waals surface area contributed by atoms with Crippen LogP contribution in [-0.2, 0) is 13.1 Å². The lowest BCUT2D eigenvalue weighted by atomic mass is 10.0. The summed E-state index contributed by atoms with van der Waals surface area (Å²) >= 11 is 0. The highest BCUT2D eigenvalue weighted by atomic mass is 16.6. The van der Waals surface area contributed by atoms with Crippen molar-refractivity contribution in [1.29, 1.82) is 0 Å². The predicted octanol–water partition coefficient (Wildman–Crippen LogP) is 4.23. The van der Waals surface area contributed by atoms with E-state index in [1.165, 1.54) is 29.8 Å². The Kier molecular flexibility index (Phi) is 6.31. The molecule has 0 aliphatic carbocycles. The van der Waals surface area contributed by atoms with Gasteiger partial charge in [0.2, 0.25) is 5.78 Å². The molecule has 0 spiro atoms. The van der Waals surface area contributed by atoms with Gasteiger partial charge in [0.25, 0.3) is 5.69 Å². The summed E-state index contributed by atoms with van der Waals surface area (Å²) in [5.41, 5.74) is 2.68. The van der Waals surface area contributed by atoms with E-state index in [2.05, 4.69) is 21.9 Å². The number of Topliss-reactive ketones (excluding diaryl/α,β-unsaturated/α-hetero) is 1. The maximum absolute atomic E-state index is 13.0. The quantitative estimate of drug-likeness (QED) is 0.326. The molecule has 178 valence electrons. The van der Waals surface area contributed by atoms with Gasteiger partial charge in [-0.1, -0.05) is 42.5 Å². The standard InChI is InChI=1S/C27H25N3O5/c31-24-10-9-22-26(32)25(16-20-7-4-8-21(15-20)30(33)34)35-27(22)23(24)18-29-13-11-28(12-14-29)17-19-5-2-1-3-6-19/h1-10,15-16,31H,11-14,17-18H2/b25-16-. The number of piperazine rings is 1. The molecule has 8 nitrogen and oxygen atoms in total. The van der Waals surface area contributed by atoms with E-state index in [0.717, 1.165) is 32.7 Å². The van der Waals surface area contributed by atoms with Crippen molar-refractivity contribution in [3.05, 3.63) is 105 Å². The zero-order chi connectivity index (χ0) is 24.4. The van der Waals surface area contributed by atoms with Crippen LogP contribution in [0.15, 0.2) is 72.5 Å². The fourth-order valence-corrected chi connectivity index (χ4v) is 4.50. The first-order valence-corrected chi connectivity index (χ1v) is 11.5. The molecule has 0 unspecified atom stereocenters. The van der Waals surface area contributed by atoms with E-state index in [0.29, 0.717) is 29.0 Å². The highest BCUT2D eigenvalue weighted by molar-refractivity contribution is 6.15. The van der Waals surface area contributed by atoms with E-state index in [9.17, 15) is 20.0 Å². The fourth-order valence-electron chi connectivity index (χ4n) is 4.50. The number of non-ortho nitro benzene ring substituents is 1. The number of nitro benzene ring substituents is 1. The topological polar surface area (TPSA) is 96.1 Å². The van der Waals surface area contributed by atoms with Crippen molar-refractivity contribution in [3.8, 4) is 11.5 Å². The average Bonchev–Trinajstić information content (AvgIpc) is 3.18. The van der Waals surface area contributed by atoms with Gasteiger partial charge >= 0.3 is 0 Å². The predicted molar refractivity (Wildman–Crippen MR) is 131 cm³/mol. The van der Waals surface area contributed by atoms with Crippen molar-refractivity contribution in [2.75, 3.05) is 26.2 Å². The van der Waals surface area contributed by atoms with Gasteiger partial charge in [0.15, 0.2) is 5.76 Å². The molecule has 1 N–H and O–H groups in total. The third kappa shape index (κ3) is 4.94. The molecule has 0 atom stereocenters. The molecule has 0 bridgehead atoms. The van der Waals surface area contributed by atoms with Crippen LogP contribution in [0, 0.1) is 10.1 Å². The highest BCUT2D eigenvalue weighted by Crippen LogP contribution is 2.40. The Balaban J connectivity index is 1.30. The number of phenolic OH excluding ortho intramolecular Hbond substituents is 1. The van der Waals surface area contributed by atoms with Crippen molar-refractivity contribution in [3.63, 3.8) is 0 Å². The molecule has 2 aliphatic rings. The number of rotatable bonds is 6. The average molecular weight is 472 g/mol. The molecular formula is C27H25N3O5. The summed E-state index contributed by atoms with van der Waals surface area (Å²) in [5.74, 6) is 0.221. The number of allylic oxidation sites excluding steroid dienone is 1. The summed E-state index contributed by atoms with van der Waals surface area (Å²) in [6.45, 7) is 4.85. The summed E-state index contributed by atoms with van der Waals surface area (Å²) in [5, 5.41) is 21.7. The van der Waals surface area contributed by atoms with Crippen LogP contribution in [0.3, 0.4) is 0 Å². The number of ether oxygens (including phenoxy) is 1. The first-order valence-electron chi connectivity index (χ1n) is 11.5. The summed E-state index contributed by atoms with van der Waals surface area (Å²) in [4.78, 5) is 28.2. The molecule has 35 heavy (non-hydrogen) atoms. The minimum atomic E-state index is -0.482. The monoisotopic (exact) mass is 471 g/mol. The van der Waals surface area contributed by atoms with Crippen molar-refractivity contribution in [2.45, 2.75) is 13.1 Å². The Morgan fingerprint density at radius 2 is 1.66 bits per heavy atom. The number of nitrogens with zero attached hydrogens (tertiary/aromatic N) is 3. The third-order valence-corrected chi connectivity index (χ3v) is 6.39. The highest BCUT2D eigenvalue weighted by Gasteiger charge is 2.32. The van der Waals surface area contributed by atoms with Crippen molar-refractivity contribution < 1.29 is 19.6 Å². The molecule has 0 radical (unpaired) electrons. The smallest absolute Gasteiger partial charge is 0.270 e. The number of carbonyl (C=O) groups excluding carboxylic acids is 1. The van der Waals surface area contributed by atoms with Crippen LogP contribution < -0.4 is 4.74 Å². The Morgan fingerprint density at radius 1 is 0.943 bits per heavy atom. The normalized spacial score (nSPS) is 17.4. The van der Waals surface area contributed by atoms with E-state index in [1.807, 2.05) is 18.2 Å². The molecule has 8 heteroatoms. The summed E-state index contributed by atoms with van der Waals surface area (Å²) in [7, 11) is 0. The zero-order valence-electron chi connectivity index (χ0n) is 19.1. The van der Waals surface area contributed by atoms with Gasteiger partial charge in [-0.2, -0.15) is 0 Å². The Labute approximate surface area is 202 Å². The molecule has 1 fully saturated rings. The molecule has 3 aromatic rings. The van der Waals surface area contributed by atoms with Crippen molar-refractivity contribution in [1.82, 2.24) is 9.80 Å². The molecule has 1 saturated heterocycles. The Hall–Kier alpha value is -4.01. The van der Waals surface area contributed by atoms with Crippen molar-refractivity contribution >= 4 is 17.5 Å². The third-order valence-electron chi connectivity index (χ3n) is 6.39. The molecule has 5 rings (SSSR count). The van der Waals surface area contributed by atoms with E-state index in [4.69, 9.17) is 4.74 Å². The van der Waals surface area contributed by atoms with Gasteiger partial charge < -0.3 is 9.84 Å². The van der Waals surface area contributed by atoms with Crippen LogP contribution in [0.4, 0.5) is 5.69 Å². The van der Waals surface area contributed by atoms with E-state index in [-0.39, 0.29) is 23.0 Å². The molecule has 0 amide bonds. The van der Waals surface area contributed by atoms with Gasteiger partial charge in [-0.05, 0) is 29.3 Å². The molecule has 0 saturated carbocycles. The van der Waals surface area contributed by atoms with Gasteiger partial charge in [0.1, 0.15) is 11.5 Å². The minimum absolute atomic E-state index is 0.0629. The fraction of sp³-hybridized carbons (Fsp3) is 0.222. The second-order valence-corrected chi connectivity index (χ2v) is 8.77. The van der Waals surface area contributed by atoms with Crippen molar-refractivity contribution in [2.24, 2.45) is 0 Å². The van der Waals surface area contributed by atoms with Crippen LogP contribution in [-0.4, -0.2) is 51.8 Å². The van der Waals surface area contributed by atoms with E-state index in [1.54, 1.807) is 18.2 Å². The number of hydrogen-bond donors (Lipinski definition) is 1. The van der Waals surface area contributed by atoms with Gasteiger partial charge in [0, 0.05) is 51.4 Å². The maximum Gasteiger partial charge on any atom is 0.270 e. The maximum atomic E-state index is 13.0. The molecule has 0 aromatic heterocycles. The molecule has 3 aromatic carbocycles. The van der Waals surface area contributed by atoms with E-state index >= 15 is 0 Å². The summed E-state index contributed by atoms with van der Waals surface area (Å²) < 4.78 is 5.92. The van der Waals surface area contributed by atoms with Crippen LogP contribution in [0.5, 0.6) is 11.5 Å². The summed E-state index contributed by atoms with van der Waals surface area (Å²) in [6.07, 6.45) is 1.50. The van der Waals surface area contributed by atoms with E-state index < -0.39 is 4.92 Å². The second kappa shape index (κ2) is 9.69. The lowest BCUT2D eigenvalue weighted by Crippen LogP contribution is -2.45. The SMILES string of the molecule is O=C1/C(=C/c2cccc([N+](=O)[O-])c2)Oc2c1ccc(O)c2CN1CCN(Cc2ccccc2)CC1. The number of aromatic hydroxyl groups is 1. The summed E-state index contributed by atoms with van der Waals surface area (Å²) in [6, 6.07) is 19.5. The second-order valence-electron chi connectivity index (χ2n) is 8.77. The lowest BCUT2D eigenvalue weighted by Gasteiger charge is -2.35. The number of hydrogen-bond acceptors (Lipinski definition) is 7. The lowest BCUT2D eigenvalue weighted by molar-refractivity contribution is -0.384. The number of benzene rings is 3. The zero-order valence-corrected chi connectivity index (χ0v) is 19.1. The Morgan fingerprint density at radius 3 is 2.37 bits per heavy atom. The van der Waals surface area contributed by atoms with Crippen LogP contribution in [0.25, 0.3) is 6.08 Å². The number of phenols is 1. The Bertz CT molecular complexity index is 1300. The minimum Gasteiger partial charge on any atom is -0.507 e. The first kappa shape index (κ1) is 22.8.